The van der Waals surface area contributed by atoms with Gasteiger partial charge >= 0.3 is 0 Å². The zero-order valence-electron chi connectivity index (χ0n) is 16.4. The first-order valence-corrected chi connectivity index (χ1v) is 9.49. The van der Waals surface area contributed by atoms with Gasteiger partial charge in [0.15, 0.2) is 11.5 Å². The van der Waals surface area contributed by atoms with Crippen molar-refractivity contribution in [1.82, 2.24) is 9.88 Å². The molecule has 0 spiro atoms. The first kappa shape index (κ1) is 18.2. The van der Waals surface area contributed by atoms with E-state index in [1.807, 2.05) is 41.4 Å². The van der Waals surface area contributed by atoms with E-state index in [9.17, 15) is 4.79 Å². The lowest BCUT2D eigenvalue weighted by Crippen LogP contribution is -2.27. The molecule has 0 aliphatic carbocycles. The topological polar surface area (TPSA) is 54.6 Å². The number of H-pyrrole nitrogens is 1. The number of nitrogens with one attached hydrogen (secondary N) is 1. The molecule has 4 rings (SSSR count). The molecule has 1 aliphatic rings. The van der Waals surface area contributed by atoms with Crippen LogP contribution in [0.2, 0.25) is 0 Å². The highest BCUT2D eigenvalue weighted by Gasteiger charge is 2.32. The molecule has 1 aliphatic heterocycles. The number of methoxy groups -OCH3 is 2. The van der Waals surface area contributed by atoms with Gasteiger partial charge in [-0.1, -0.05) is 31.2 Å². The predicted octanol–water partition coefficient (Wildman–Crippen LogP) is 4.35. The summed E-state index contributed by atoms with van der Waals surface area (Å²) in [7, 11) is 3.22. The third-order valence-corrected chi connectivity index (χ3v) is 5.23. The first-order valence-electron chi connectivity index (χ1n) is 9.49. The molecule has 1 aromatic heterocycles. The number of aromatic nitrogens is 1. The quantitative estimate of drug-likeness (QED) is 0.696. The minimum atomic E-state index is 0.0642. The summed E-state index contributed by atoms with van der Waals surface area (Å²) in [6.45, 7) is 3.44. The van der Waals surface area contributed by atoms with E-state index in [2.05, 4.69) is 24.0 Å². The summed E-state index contributed by atoms with van der Waals surface area (Å²) < 4.78 is 10.8. The van der Waals surface area contributed by atoms with Crippen molar-refractivity contribution in [2.45, 2.75) is 13.3 Å². The lowest BCUT2D eigenvalue weighted by Gasteiger charge is -2.15. The van der Waals surface area contributed by atoms with Crippen LogP contribution in [0.25, 0.3) is 22.0 Å². The number of para-hydroxylation sites is 1. The van der Waals surface area contributed by atoms with Crippen LogP contribution in [0.1, 0.15) is 24.5 Å². The van der Waals surface area contributed by atoms with Crippen molar-refractivity contribution < 1.29 is 14.3 Å². The number of ether oxygens (including phenoxy) is 2. The Hall–Kier alpha value is -3.21. The molecule has 1 N–H and O–H groups in total. The minimum Gasteiger partial charge on any atom is -0.493 e. The first-order chi connectivity index (χ1) is 13.7. The van der Waals surface area contributed by atoms with Crippen molar-refractivity contribution >= 4 is 28.0 Å². The van der Waals surface area contributed by atoms with E-state index >= 15 is 0 Å². The van der Waals surface area contributed by atoms with Crippen molar-refractivity contribution in [2.24, 2.45) is 0 Å². The minimum absolute atomic E-state index is 0.0642. The number of benzene rings is 2. The van der Waals surface area contributed by atoms with Gasteiger partial charge in [0.25, 0.3) is 5.91 Å². The SMILES string of the molecule is CCCN1CC(c2c[nH]c3ccccc23)=C(c2ccc(OC)c(OC)c2)C1=O. The highest BCUT2D eigenvalue weighted by Crippen LogP contribution is 2.40. The summed E-state index contributed by atoms with van der Waals surface area (Å²) in [5.74, 6) is 1.33. The average molecular weight is 376 g/mol. The molecule has 1 amide bonds. The lowest BCUT2D eigenvalue weighted by atomic mass is 9.96. The fraction of sp³-hybridized carbons (Fsp3) is 0.261. The summed E-state index contributed by atoms with van der Waals surface area (Å²) in [5.41, 5.74) is 4.77. The van der Waals surface area contributed by atoms with Crippen molar-refractivity contribution in [3.63, 3.8) is 0 Å². The van der Waals surface area contributed by atoms with Crippen LogP contribution in [0.3, 0.4) is 0 Å². The van der Waals surface area contributed by atoms with E-state index in [-0.39, 0.29) is 5.91 Å². The highest BCUT2D eigenvalue weighted by atomic mass is 16.5. The van der Waals surface area contributed by atoms with Gasteiger partial charge in [-0.3, -0.25) is 4.79 Å². The van der Waals surface area contributed by atoms with E-state index in [4.69, 9.17) is 9.47 Å². The van der Waals surface area contributed by atoms with Crippen LogP contribution in [-0.2, 0) is 4.79 Å². The number of hydrogen-bond donors (Lipinski definition) is 1. The Kier molecular flexibility index (Phi) is 4.82. The van der Waals surface area contributed by atoms with Crippen LogP contribution in [0.4, 0.5) is 0 Å². The summed E-state index contributed by atoms with van der Waals surface area (Å²) in [6, 6.07) is 13.8. The van der Waals surface area contributed by atoms with Gasteiger partial charge in [0.05, 0.1) is 19.8 Å². The zero-order chi connectivity index (χ0) is 19.7. The number of carbonyl (C=O) groups is 1. The molecular formula is C23H24N2O3. The fourth-order valence-corrected chi connectivity index (χ4v) is 3.91. The molecule has 5 nitrogen and oxygen atoms in total. The number of rotatable bonds is 6. The van der Waals surface area contributed by atoms with Crippen LogP contribution in [0.15, 0.2) is 48.7 Å². The Bertz CT molecular complexity index is 1060. The van der Waals surface area contributed by atoms with E-state index in [0.717, 1.165) is 46.1 Å². The number of fused-ring (bicyclic) bond motifs is 1. The second kappa shape index (κ2) is 7.43. The Labute approximate surface area is 164 Å². The van der Waals surface area contributed by atoms with Crippen molar-refractivity contribution in [3.8, 4) is 11.5 Å². The molecule has 0 bridgehead atoms. The maximum Gasteiger partial charge on any atom is 0.255 e. The van der Waals surface area contributed by atoms with Crippen LogP contribution < -0.4 is 9.47 Å². The highest BCUT2D eigenvalue weighted by molar-refractivity contribution is 6.31. The van der Waals surface area contributed by atoms with Crippen molar-refractivity contribution in [2.75, 3.05) is 27.3 Å². The van der Waals surface area contributed by atoms with Gasteiger partial charge in [-0.15, -0.1) is 0 Å². The van der Waals surface area contributed by atoms with Crippen molar-refractivity contribution in [1.29, 1.82) is 0 Å². The summed E-state index contributed by atoms with van der Waals surface area (Å²) in [6.07, 6.45) is 2.93. The summed E-state index contributed by atoms with van der Waals surface area (Å²) in [4.78, 5) is 18.5. The van der Waals surface area contributed by atoms with Gasteiger partial charge in [-0.05, 0) is 35.8 Å². The number of amides is 1. The third kappa shape index (κ3) is 2.93. The molecule has 0 radical (unpaired) electrons. The molecule has 144 valence electrons. The van der Waals surface area contributed by atoms with Gasteiger partial charge in [0.2, 0.25) is 0 Å². The molecule has 0 saturated carbocycles. The lowest BCUT2D eigenvalue weighted by molar-refractivity contribution is -0.123. The molecule has 0 saturated heterocycles. The van der Waals surface area contributed by atoms with Gasteiger partial charge in [-0.2, -0.15) is 0 Å². The predicted molar refractivity (Wildman–Crippen MR) is 112 cm³/mol. The average Bonchev–Trinajstić information content (AvgIpc) is 3.29. The van der Waals surface area contributed by atoms with Gasteiger partial charge in [0.1, 0.15) is 0 Å². The van der Waals surface area contributed by atoms with Crippen LogP contribution in [0, 0.1) is 0 Å². The number of hydrogen-bond acceptors (Lipinski definition) is 3. The second-order valence-electron chi connectivity index (χ2n) is 6.90. The zero-order valence-corrected chi connectivity index (χ0v) is 16.4. The Balaban J connectivity index is 1.90. The third-order valence-electron chi connectivity index (χ3n) is 5.23. The number of aromatic amines is 1. The normalized spacial score (nSPS) is 14.2. The number of carbonyl (C=O) groups excluding carboxylic acids is 1. The summed E-state index contributed by atoms with van der Waals surface area (Å²) in [5, 5.41) is 1.13. The molecule has 0 unspecified atom stereocenters. The molecular weight excluding hydrogens is 352 g/mol. The van der Waals surface area contributed by atoms with Gasteiger partial charge in [-0.25, -0.2) is 0 Å². The maximum atomic E-state index is 13.3. The van der Waals surface area contributed by atoms with E-state index in [1.54, 1.807) is 14.2 Å². The van der Waals surface area contributed by atoms with E-state index in [0.29, 0.717) is 18.0 Å². The van der Waals surface area contributed by atoms with Crippen molar-refractivity contribution in [3.05, 3.63) is 59.8 Å². The summed E-state index contributed by atoms with van der Waals surface area (Å²) >= 11 is 0. The van der Waals surface area contributed by atoms with Crippen LogP contribution >= 0.6 is 0 Å². The molecule has 0 atom stereocenters. The Morgan fingerprint density at radius 1 is 1.07 bits per heavy atom. The molecule has 0 fully saturated rings. The largest absolute Gasteiger partial charge is 0.493 e. The Morgan fingerprint density at radius 2 is 1.86 bits per heavy atom. The van der Waals surface area contributed by atoms with Crippen LogP contribution in [-0.4, -0.2) is 43.1 Å². The smallest absolute Gasteiger partial charge is 0.255 e. The van der Waals surface area contributed by atoms with Gasteiger partial charge < -0.3 is 19.4 Å². The molecule has 28 heavy (non-hydrogen) atoms. The molecule has 3 aromatic rings. The second-order valence-corrected chi connectivity index (χ2v) is 6.90. The standard InChI is InChI=1S/C23H24N2O3/c1-4-11-25-14-18(17-13-24-19-8-6-5-7-16(17)19)22(23(25)26)15-9-10-20(27-2)21(12-15)28-3/h5-10,12-13,24H,4,11,14H2,1-3H3. The van der Waals surface area contributed by atoms with Gasteiger partial charge in [0, 0.05) is 35.8 Å². The van der Waals surface area contributed by atoms with E-state index in [1.165, 1.54) is 0 Å². The molecule has 5 heteroatoms. The molecule has 2 heterocycles. The maximum absolute atomic E-state index is 13.3. The molecule has 2 aromatic carbocycles. The monoisotopic (exact) mass is 376 g/mol. The fourth-order valence-electron chi connectivity index (χ4n) is 3.91. The van der Waals surface area contributed by atoms with E-state index < -0.39 is 0 Å². The number of nitrogens with zero attached hydrogens (tertiary/aromatic N) is 1. The Morgan fingerprint density at radius 3 is 2.61 bits per heavy atom. The van der Waals surface area contributed by atoms with Crippen LogP contribution in [0.5, 0.6) is 11.5 Å².